The number of nitrogens with zero attached hydrogens (tertiary/aromatic N) is 3. The number of non-ortho nitro benzene ring substituents is 1. The second-order valence-electron chi connectivity index (χ2n) is 7.43. The van der Waals surface area contributed by atoms with Gasteiger partial charge in [0.1, 0.15) is 12.4 Å². The van der Waals surface area contributed by atoms with Crippen molar-refractivity contribution in [2.24, 2.45) is 0 Å². The number of nitrogens with one attached hydrogen (secondary N) is 1. The lowest BCUT2D eigenvalue weighted by Gasteiger charge is -2.30. The van der Waals surface area contributed by atoms with E-state index >= 15 is 0 Å². The first-order valence-electron chi connectivity index (χ1n) is 10.2. The Morgan fingerprint density at radius 2 is 1.97 bits per heavy atom. The van der Waals surface area contributed by atoms with E-state index in [0.717, 1.165) is 11.0 Å². The van der Waals surface area contributed by atoms with Crippen LogP contribution in [0.4, 0.5) is 26.2 Å². The maximum Gasteiger partial charge on any atom is 0.294 e. The summed E-state index contributed by atoms with van der Waals surface area (Å²) in [6.07, 6.45) is 1.42. The zero-order valence-electron chi connectivity index (χ0n) is 17.7. The van der Waals surface area contributed by atoms with Crippen molar-refractivity contribution in [2.75, 3.05) is 43.1 Å². The molecule has 34 heavy (non-hydrogen) atoms. The number of ether oxygens (including phenoxy) is 1. The molecule has 0 spiro atoms. The number of nitro benzene ring substituents is 1. The molecule has 2 aromatic carbocycles. The van der Waals surface area contributed by atoms with E-state index in [9.17, 15) is 28.9 Å². The topological polar surface area (TPSA) is 122 Å². The van der Waals surface area contributed by atoms with E-state index in [2.05, 4.69) is 5.32 Å². The summed E-state index contributed by atoms with van der Waals surface area (Å²) in [4.78, 5) is 51.2. The molecule has 0 aromatic heterocycles. The molecule has 2 saturated heterocycles. The molecule has 2 fully saturated rings. The molecule has 0 atom stereocenters. The Labute approximate surface area is 197 Å². The van der Waals surface area contributed by atoms with Crippen LogP contribution in [0.25, 0.3) is 6.08 Å². The van der Waals surface area contributed by atoms with E-state index in [1.807, 2.05) is 4.90 Å². The van der Waals surface area contributed by atoms with Gasteiger partial charge in [-0.25, -0.2) is 4.39 Å². The Bertz CT molecular complexity index is 1200. The number of morpholine rings is 1. The molecule has 2 aromatic rings. The zero-order chi connectivity index (χ0) is 24.2. The highest BCUT2D eigenvalue weighted by molar-refractivity contribution is 8.18. The van der Waals surface area contributed by atoms with Gasteiger partial charge in [0.05, 0.1) is 23.0 Å². The Morgan fingerprint density at radius 1 is 1.21 bits per heavy atom. The summed E-state index contributed by atoms with van der Waals surface area (Å²) >= 11 is 0.642. The van der Waals surface area contributed by atoms with Gasteiger partial charge in [-0.05, 0) is 42.1 Å². The lowest BCUT2D eigenvalue weighted by molar-refractivity contribution is -0.384. The van der Waals surface area contributed by atoms with Gasteiger partial charge in [-0.2, -0.15) is 0 Å². The fourth-order valence-electron chi connectivity index (χ4n) is 3.55. The van der Waals surface area contributed by atoms with Crippen LogP contribution in [0.15, 0.2) is 47.4 Å². The summed E-state index contributed by atoms with van der Waals surface area (Å²) in [5, 5.41) is 13.1. The number of hydrogen-bond donors (Lipinski definition) is 1. The smallest absolute Gasteiger partial charge is 0.294 e. The van der Waals surface area contributed by atoms with Crippen LogP contribution in [0.5, 0.6) is 0 Å². The molecule has 0 radical (unpaired) electrons. The molecular weight excluding hydrogens is 467 g/mol. The van der Waals surface area contributed by atoms with Crippen molar-refractivity contribution in [1.82, 2.24) is 4.90 Å². The summed E-state index contributed by atoms with van der Waals surface area (Å²) in [6.45, 7) is 1.57. The van der Waals surface area contributed by atoms with Crippen molar-refractivity contribution < 1.29 is 28.4 Å². The van der Waals surface area contributed by atoms with E-state index in [0.29, 0.717) is 49.3 Å². The van der Waals surface area contributed by atoms with E-state index in [1.54, 1.807) is 6.07 Å². The average molecular weight is 486 g/mol. The maximum absolute atomic E-state index is 13.3. The Balaban J connectivity index is 1.56. The number of anilines is 2. The van der Waals surface area contributed by atoms with E-state index in [1.165, 1.54) is 36.4 Å². The second kappa shape index (κ2) is 10.0. The van der Waals surface area contributed by atoms with Gasteiger partial charge >= 0.3 is 0 Å². The van der Waals surface area contributed by atoms with Crippen molar-refractivity contribution in [2.45, 2.75) is 0 Å². The number of hydrogen-bond acceptors (Lipinski definition) is 8. The van der Waals surface area contributed by atoms with Crippen LogP contribution in [0.2, 0.25) is 0 Å². The van der Waals surface area contributed by atoms with Crippen LogP contribution in [0.1, 0.15) is 5.56 Å². The van der Waals surface area contributed by atoms with Crippen LogP contribution in [0, 0.1) is 15.9 Å². The average Bonchev–Trinajstić information content (AvgIpc) is 3.07. The Kier molecular flexibility index (Phi) is 6.89. The summed E-state index contributed by atoms with van der Waals surface area (Å²) in [5.41, 5.74) is 1.12. The molecule has 10 nitrogen and oxygen atoms in total. The number of halogens is 1. The highest BCUT2D eigenvalue weighted by Crippen LogP contribution is 2.35. The Hall–Kier alpha value is -3.77. The standard InChI is InChI=1S/C22H19FN4O6S/c23-15-2-1-3-16(12-15)24-20(28)13-26-21(29)19(34-22(26)30)11-14-10-17(27(31)32)4-5-18(14)25-6-8-33-9-7-25/h1-5,10-12H,6-9,13H2,(H,24,28)/b19-11-. The van der Waals surface area contributed by atoms with E-state index < -0.39 is 34.3 Å². The minimum Gasteiger partial charge on any atom is -0.378 e. The molecule has 2 aliphatic rings. The van der Waals surface area contributed by atoms with Crippen molar-refractivity contribution in [3.63, 3.8) is 0 Å². The number of thioether (sulfide) groups is 1. The minimum atomic E-state index is -0.691. The molecule has 1 N–H and O–H groups in total. The van der Waals surface area contributed by atoms with Gasteiger partial charge in [0.15, 0.2) is 0 Å². The van der Waals surface area contributed by atoms with Crippen molar-refractivity contribution >= 4 is 52.0 Å². The van der Waals surface area contributed by atoms with Crippen LogP contribution < -0.4 is 10.2 Å². The first kappa shape index (κ1) is 23.4. The summed E-state index contributed by atoms with van der Waals surface area (Å²) in [7, 11) is 0. The number of benzene rings is 2. The molecule has 2 aliphatic heterocycles. The number of carbonyl (C=O) groups excluding carboxylic acids is 3. The van der Waals surface area contributed by atoms with E-state index in [-0.39, 0.29) is 16.3 Å². The van der Waals surface area contributed by atoms with E-state index in [4.69, 9.17) is 4.74 Å². The summed E-state index contributed by atoms with van der Waals surface area (Å²) in [5.74, 6) is -1.90. The van der Waals surface area contributed by atoms with Crippen molar-refractivity contribution in [1.29, 1.82) is 0 Å². The van der Waals surface area contributed by atoms with Crippen LogP contribution in [-0.2, 0) is 14.3 Å². The third kappa shape index (κ3) is 5.24. The van der Waals surface area contributed by atoms with Crippen LogP contribution in [-0.4, -0.2) is 59.7 Å². The summed E-state index contributed by atoms with van der Waals surface area (Å²) in [6, 6.07) is 9.55. The molecule has 0 unspecified atom stereocenters. The Morgan fingerprint density at radius 3 is 2.68 bits per heavy atom. The predicted octanol–water partition coefficient (Wildman–Crippen LogP) is 3.25. The second-order valence-corrected chi connectivity index (χ2v) is 8.42. The molecule has 12 heteroatoms. The minimum absolute atomic E-state index is 0.0403. The number of carbonyl (C=O) groups is 3. The highest BCUT2D eigenvalue weighted by Gasteiger charge is 2.36. The third-order valence-electron chi connectivity index (χ3n) is 5.14. The number of rotatable bonds is 6. The van der Waals surface area contributed by atoms with Gasteiger partial charge < -0.3 is 15.0 Å². The largest absolute Gasteiger partial charge is 0.378 e. The van der Waals surface area contributed by atoms with Gasteiger partial charge in [0.25, 0.3) is 16.8 Å². The molecule has 0 aliphatic carbocycles. The lowest BCUT2D eigenvalue weighted by atomic mass is 10.1. The number of imide groups is 1. The molecule has 0 saturated carbocycles. The SMILES string of the molecule is O=C(CN1C(=O)S/C(=C\c2cc([N+](=O)[O-])ccc2N2CCOCC2)C1=O)Nc1cccc(F)c1. The van der Waals surface area contributed by atoms with Gasteiger partial charge in [-0.1, -0.05) is 6.07 Å². The van der Waals surface area contributed by atoms with Crippen molar-refractivity contribution in [3.8, 4) is 0 Å². The molecule has 176 valence electrons. The van der Waals surface area contributed by atoms with Crippen molar-refractivity contribution in [3.05, 3.63) is 68.9 Å². The number of nitro groups is 1. The van der Waals surface area contributed by atoms with Gasteiger partial charge in [0, 0.05) is 42.2 Å². The third-order valence-corrected chi connectivity index (χ3v) is 6.05. The summed E-state index contributed by atoms with van der Waals surface area (Å²) < 4.78 is 18.7. The van der Waals surface area contributed by atoms with Gasteiger partial charge in [0.2, 0.25) is 5.91 Å². The highest BCUT2D eigenvalue weighted by atomic mass is 32.2. The fourth-order valence-corrected chi connectivity index (χ4v) is 4.38. The van der Waals surface area contributed by atoms with Crippen LogP contribution in [0.3, 0.4) is 0 Å². The first-order chi connectivity index (χ1) is 16.3. The quantitative estimate of drug-likeness (QED) is 0.375. The molecule has 3 amide bonds. The lowest BCUT2D eigenvalue weighted by Crippen LogP contribution is -2.36. The first-order valence-corrected chi connectivity index (χ1v) is 11.1. The zero-order valence-corrected chi connectivity index (χ0v) is 18.5. The molecular formula is C22H19FN4O6S. The fraction of sp³-hybridized carbons (Fsp3) is 0.227. The molecule has 2 heterocycles. The monoisotopic (exact) mass is 486 g/mol. The van der Waals surface area contributed by atoms with Gasteiger partial charge in [-0.3, -0.25) is 29.4 Å². The maximum atomic E-state index is 13.3. The number of amides is 3. The molecule has 0 bridgehead atoms. The van der Waals surface area contributed by atoms with Gasteiger partial charge in [-0.15, -0.1) is 0 Å². The molecule has 4 rings (SSSR count). The normalized spacial score (nSPS) is 17.4. The predicted molar refractivity (Wildman–Crippen MR) is 124 cm³/mol. The van der Waals surface area contributed by atoms with Crippen LogP contribution >= 0.6 is 11.8 Å².